The van der Waals surface area contributed by atoms with E-state index < -0.39 is 0 Å². The molecule has 0 amide bonds. The number of aryl methyl sites for hydroxylation is 1. The van der Waals surface area contributed by atoms with Crippen LogP contribution in [0.15, 0.2) is 56.9 Å². The first-order valence-corrected chi connectivity index (χ1v) is 9.12. The second kappa shape index (κ2) is 6.37. The molecule has 0 saturated carbocycles. The number of fused-ring (bicyclic) bond motifs is 2. The summed E-state index contributed by atoms with van der Waals surface area (Å²) in [5.74, 6) is 1.39. The molecule has 0 fully saturated rings. The Morgan fingerprint density at radius 1 is 1.16 bits per heavy atom. The van der Waals surface area contributed by atoms with E-state index in [9.17, 15) is 4.79 Å². The van der Waals surface area contributed by atoms with Crippen molar-refractivity contribution in [3.05, 3.63) is 64.3 Å². The molecule has 4 rings (SSSR count). The summed E-state index contributed by atoms with van der Waals surface area (Å²) >= 11 is 1.50. The molecule has 0 aliphatic rings. The molecule has 2 aromatic carbocycles. The highest BCUT2D eigenvalue weighted by Gasteiger charge is 2.12. The third-order valence-corrected chi connectivity index (χ3v) is 5.14. The first kappa shape index (κ1) is 15.9. The van der Waals surface area contributed by atoms with E-state index in [-0.39, 0.29) is 5.56 Å². The fraction of sp³-hybridized carbons (Fsp3) is 0.211. The van der Waals surface area contributed by atoms with Crippen molar-refractivity contribution in [2.24, 2.45) is 0 Å². The molecule has 0 atom stereocenters. The SMILES string of the molecule is CCn1c(SCc2cc(C)on2)nc2cc3ccccc3cc2c1=O. The van der Waals surface area contributed by atoms with E-state index in [0.29, 0.717) is 22.8 Å². The predicted molar refractivity (Wildman–Crippen MR) is 100.0 cm³/mol. The van der Waals surface area contributed by atoms with E-state index >= 15 is 0 Å². The third-order valence-electron chi connectivity index (χ3n) is 4.13. The van der Waals surface area contributed by atoms with Gasteiger partial charge in [0.25, 0.3) is 5.56 Å². The van der Waals surface area contributed by atoms with Crippen LogP contribution in [0.2, 0.25) is 0 Å². The Morgan fingerprint density at radius 3 is 2.60 bits per heavy atom. The molecule has 6 heteroatoms. The maximum Gasteiger partial charge on any atom is 0.262 e. The smallest absolute Gasteiger partial charge is 0.262 e. The molecule has 0 aliphatic heterocycles. The van der Waals surface area contributed by atoms with Crippen molar-refractivity contribution in [3.63, 3.8) is 0 Å². The van der Waals surface area contributed by atoms with Crippen molar-refractivity contribution in [2.45, 2.75) is 31.3 Å². The molecule has 25 heavy (non-hydrogen) atoms. The molecule has 0 N–H and O–H groups in total. The molecule has 0 unspecified atom stereocenters. The number of benzene rings is 2. The van der Waals surface area contributed by atoms with Crippen LogP contribution in [-0.2, 0) is 12.3 Å². The maximum atomic E-state index is 12.9. The summed E-state index contributed by atoms with van der Waals surface area (Å²) in [6.07, 6.45) is 0. The zero-order chi connectivity index (χ0) is 17.4. The van der Waals surface area contributed by atoms with Crippen LogP contribution in [0.1, 0.15) is 18.4 Å². The van der Waals surface area contributed by atoms with E-state index in [2.05, 4.69) is 5.16 Å². The Balaban J connectivity index is 1.82. The second-order valence-corrected chi connectivity index (χ2v) is 6.82. The maximum absolute atomic E-state index is 12.9. The minimum atomic E-state index is -0.00270. The summed E-state index contributed by atoms with van der Waals surface area (Å²) in [6.45, 7) is 4.40. The predicted octanol–water partition coefficient (Wildman–Crippen LogP) is 4.16. The van der Waals surface area contributed by atoms with Crippen LogP contribution in [0.25, 0.3) is 21.7 Å². The van der Waals surface area contributed by atoms with Crippen LogP contribution in [0.4, 0.5) is 0 Å². The number of aromatic nitrogens is 3. The highest BCUT2D eigenvalue weighted by Crippen LogP contribution is 2.24. The van der Waals surface area contributed by atoms with E-state index in [0.717, 1.165) is 27.7 Å². The van der Waals surface area contributed by atoms with Crippen molar-refractivity contribution in [1.82, 2.24) is 14.7 Å². The van der Waals surface area contributed by atoms with Crippen LogP contribution in [0.3, 0.4) is 0 Å². The zero-order valence-corrected chi connectivity index (χ0v) is 14.8. The van der Waals surface area contributed by atoms with Gasteiger partial charge in [-0.05, 0) is 36.8 Å². The Labute approximate surface area is 148 Å². The topological polar surface area (TPSA) is 60.9 Å². The van der Waals surface area contributed by atoms with Gasteiger partial charge in [0.1, 0.15) is 5.76 Å². The third kappa shape index (κ3) is 2.93. The van der Waals surface area contributed by atoms with Crippen LogP contribution in [-0.4, -0.2) is 14.7 Å². The molecule has 0 radical (unpaired) electrons. The Morgan fingerprint density at radius 2 is 1.92 bits per heavy atom. The quantitative estimate of drug-likeness (QED) is 0.314. The van der Waals surface area contributed by atoms with Gasteiger partial charge in [0.05, 0.1) is 16.6 Å². The van der Waals surface area contributed by atoms with Gasteiger partial charge in [0.15, 0.2) is 5.16 Å². The fourth-order valence-electron chi connectivity index (χ4n) is 2.90. The number of thioether (sulfide) groups is 1. The Kier molecular flexibility index (Phi) is 4.05. The van der Waals surface area contributed by atoms with Gasteiger partial charge < -0.3 is 4.52 Å². The molecular formula is C19H17N3O2S. The number of nitrogens with zero attached hydrogens (tertiary/aromatic N) is 3. The average Bonchev–Trinajstić information content (AvgIpc) is 3.04. The molecule has 4 aromatic rings. The summed E-state index contributed by atoms with van der Waals surface area (Å²) in [7, 11) is 0. The van der Waals surface area contributed by atoms with Crippen LogP contribution >= 0.6 is 11.8 Å². The Bertz CT molecular complexity index is 1130. The van der Waals surface area contributed by atoms with Gasteiger partial charge in [-0.1, -0.05) is 41.2 Å². The van der Waals surface area contributed by atoms with Crippen LogP contribution in [0.5, 0.6) is 0 Å². The highest BCUT2D eigenvalue weighted by molar-refractivity contribution is 7.98. The lowest BCUT2D eigenvalue weighted by atomic mass is 10.1. The summed E-state index contributed by atoms with van der Waals surface area (Å²) in [5, 5.41) is 7.49. The summed E-state index contributed by atoms with van der Waals surface area (Å²) in [6, 6.07) is 13.8. The van der Waals surface area contributed by atoms with Crippen molar-refractivity contribution >= 4 is 33.4 Å². The first-order chi connectivity index (χ1) is 12.2. The average molecular weight is 351 g/mol. The standard InChI is InChI=1S/C19H17N3O2S/c1-3-22-18(23)16-9-13-6-4-5-7-14(13)10-17(16)20-19(22)25-11-15-8-12(2)24-21-15/h4-10H,3,11H2,1-2H3. The second-order valence-electron chi connectivity index (χ2n) is 5.88. The van der Waals surface area contributed by atoms with Gasteiger partial charge in [-0.15, -0.1) is 0 Å². The van der Waals surface area contributed by atoms with E-state index in [1.54, 1.807) is 4.57 Å². The van der Waals surface area contributed by atoms with Crippen molar-refractivity contribution in [2.75, 3.05) is 0 Å². The molecule has 0 bridgehead atoms. The number of rotatable bonds is 4. The molecule has 0 aliphatic carbocycles. The summed E-state index contributed by atoms with van der Waals surface area (Å²) < 4.78 is 6.82. The molecule has 5 nitrogen and oxygen atoms in total. The fourth-order valence-corrected chi connectivity index (χ4v) is 3.85. The molecule has 2 heterocycles. The molecule has 2 aromatic heterocycles. The summed E-state index contributed by atoms with van der Waals surface area (Å²) in [4.78, 5) is 17.7. The van der Waals surface area contributed by atoms with Gasteiger partial charge in [-0.2, -0.15) is 0 Å². The molecule has 0 spiro atoms. The minimum absolute atomic E-state index is 0.00270. The minimum Gasteiger partial charge on any atom is -0.361 e. The lowest BCUT2D eigenvalue weighted by Crippen LogP contribution is -2.22. The lowest BCUT2D eigenvalue weighted by molar-refractivity contribution is 0.393. The lowest BCUT2D eigenvalue weighted by Gasteiger charge is -2.11. The van der Waals surface area contributed by atoms with Gasteiger partial charge in [0.2, 0.25) is 0 Å². The summed E-state index contributed by atoms with van der Waals surface area (Å²) in [5.41, 5.74) is 1.57. The first-order valence-electron chi connectivity index (χ1n) is 8.14. The molecular weight excluding hydrogens is 334 g/mol. The molecule has 126 valence electrons. The number of hydrogen-bond donors (Lipinski definition) is 0. The van der Waals surface area contributed by atoms with E-state index in [1.165, 1.54) is 11.8 Å². The molecule has 0 saturated heterocycles. The number of hydrogen-bond acceptors (Lipinski definition) is 5. The van der Waals surface area contributed by atoms with Crippen molar-refractivity contribution < 1.29 is 4.52 Å². The van der Waals surface area contributed by atoms with Crippen LogP contribution in [0, 0.1) is 6.92 Å². The monoisotopic (exact) mass is 351 g/mol. The van der Waals surface area contributed by atoms with E-state index in [1.807, 2.05) is 56.3 Å². The van der Waals surface area contributed by atoms with Crippen LogP contribution < -0.4 is 5.56 Å². The normalized spacial score (nSPS) is 11.4. The van der Waals surface area contributed by atoms with Gasteiger partial charge in [-0.3, -0.25) is 9.36 Å². The van der Waals surface area contributed by atoms with Gasteiger partial charge in [-0.25, -0.2) is 4.98 Å². The Hall–Kier alpha value is -2.60. The van der Waals surface area contributed by atoms with Crippen molar-refractivity contribution in [3.8, 4) is 0 Å². The largest absolute Gasteiger partial charge is 0.361 e. The zero-order valence-electron chi connectivity index (χ0n) is 14.0. The van der Waals surface area contributed by atoms with Gasteiger partial charge in [0, 0.05) is 18.4 Å². The highest BCUT2D eigenvalue weighted by atomic mass is 32.2. The van der Waals surface area contributed by atoms with E-state index in [4.69, 9.17) is 9.51 Å². The van der Waals surface area contributed by atoms with Gasteiger partial charge >= 0.3 is 0 Å². The van der Waals surface area contributed by atoms with Crippen molar-refractivity contribution in [1.29, 1.82) is 0 Å².